The third-order valence-electron chi connectivity index (χ3n) is 3.77. The molecule has 0 atom stereocenters. The molecule has 1 heterocycles. The summed E-state index contributed by atoms with van der Waals surface area (Å²) in [5.74, 6) is 0. The predicted molar refractivity (Wildman–Crippen MR) is 87.8 cm³/mol. The summed E-state index contributed by atoms with van der Waals surface area (Å²) in [6.45, 7) is 3.20. The molecule has 20 heavy (non-hydrogen) atoms. The van der Waals surface area contributed by atoms with Crippen LogP contribution in [0.5, 0.6) is 0 Å². The summed E-state index contributed by atoms with van der Waals surface area (Å²) in [7, 11) is 0. The van der Waals surface area contributed by atoms with Gasteiger partial charge in [-0.05, 0) is 0 Å². The number of benzene rings is 1. The Morgan fingerprint density at radius 1 is 0.950 bits per heavy atom. The Labute approximate surface area is 127 Å². The molecule has 1 aromatic heterocycles. The number of fused-ring (bicyclic) bond motifs is 1. The molecule has 0 saturated heterocycles. The van der Waals surface area contributed by atoms with Gasteiger partial charge in [0, 0.05) is 0 Å². The van der Waals surface area contributed by atoms with Crippen LogP contribution >= 0.6 is 0 Å². The molecule has 110 valence electrons. The molecule has 0 spiro atoms. The Balaban J connectivity index is 1.71. The second-order valence-electron chi connectivity index (χ2n) is 5.47. The summed E-state index contributed by atoms with van der Waals surface area (Å²) >= 11 is 0.217. The predicted octanol–water partition coefficient (Wildman–Crippen LogP) is 4.20. The average Bonchev–Trinajstić information content (AvgIpc) is 2.79. The van der Waals surface area contributed by atoms with Gasteiger partial charge < -0.3 is 0 Å². The molecule has 1 aromatic carbocycles. The van der Waals surface area contributed by atoms with Crippen LogP contribution in [0, 0.1) is 0 Å². The number of aryl methyl sites for hydroxylation is 1. The molecular formula is C17H25NOSe. The van der Waals surface area contributed by atoms with Crippen molar-refractivity contribution in [3.05, 3.63) is 34.6 Å². The molecule has 2 nitrogen and oxygen atoms in total. The van der Waals surface area contributed by atoms with E-state index in [2.05, 4.69) is 16.6 Å². The zero-order valence-corrected chi connectivity index (χ0v) is 14.2. The van der Waals surface area contributed by atoms with E-state index in [1.54, 1.807) is 0 Å². The molecule has 3 heteroatoms. The zero-order valence-electron chi connectivity index (χ0n) is 12.4. The third-order valence-corrected chi connectivity index (χ3v) is 6.12. The van der Waals surface area contributed by atoms with Crippen LogP contribution in [-0.2, 0) is 6.54 Å². The second-order valence-corrected chi connectivity index (χ2v) is 7.70. The summed E-state index contributed by atoms with van der Waals surface area (Å²) in [5.41, 5.74) is 0.253. The average molecular weight is 338 g/mol. The van der Waals surface area contributed by atoms with E-state index in [9.17, 15) is 4.79 Å². The van der Waals surface area contributed by atoms with Crippen LogP contribution in [0.1, 0.15) is 58.3 Å². The van der Waals surface area contributed by atoms with E-state index in [-0.39, 0.29) is 20.3 Å². The number of hydrogen-bond donors (Lipinski definition) is 0. The van der Waals surface area contributed by atoms with Crippen molar-refractivity contribution in [1.82, 2.24) is 3.56 Å². The summed E-state index contributed by atoms with van der Waals surface area (Å²) in [6.07, 6.45) is 10.6. The van der Waals surface area contributed by atoms with Gasteiger partial charge in [0.05, 0.1) is 0 Å². The van der Waals surface area contributed by atoms with Crippen molar-refractivity contribution >= 4 is 24.4 Å². The van der Waals surface area contributed by atoms with Crippen LogP contribution in [0.3, 0.4) is 0 Å². The number of aromatic nitrogens is 1. The molecule has 0 fully saturated rings. The summed E-state index contributed by atoms with van der Waals surface area (Å²) in [5, 5.41) is 0.937. The van der Waals surface area contributed by atoms with E-state index in [0.29, 0.717) is 0 Å². The molecule has 0 unspecified atom stereocenters. The first-order valence-electron chi connectivity index (χ1n) is 7.92. The Kier molecular flexibility index (Phi) is 6.62. The molecule has 0 N–H and O–H groups in total. The van der Waals surface area contributed by atoms with E-state index >= 15 is 0 Å². The molecular weight excluding hydrogens is 313 g/mol. The van der Waals surface area contributed by atoms with Crippen molar-refractivity contribution in [1.29, 1.82) is 0 Å². The van der Waals surface area contributed by atoms with Gasteiger partial charge >= 0.3 is 127 Å². The van der Waals surface area contributed by atoms with Crippen molar-refractivity contribution in [3.63, 3.8) is 0 Å². The molecule has 0 bridgehead atoms. The van der Waals surface area contributed by atoms with Gasteiger partial charge in [-0.2, -0.15) is 0 Å². The van der Waals surface area contributed by atoms with Crippen molar-refractivity contribution in [2.75, 3.05) is 0 Å². The SMILES string of the molecule is CCCCCCCCCCn1[se]c2ccccc2c1=O. The summed E-state index contributed by atoms with van der Waals surface area (Å²) in [6, 6.07) is 8.06. The van der Waals surface area contributed by atoms with Crippen LogP contribution in [0.15, 0.2) is 29.1 Å². The second kappa shape index (κ2) is 8.49. The number of hydrogen-bond acceptors (Lipinski definition) is 1. The fourth-order valence-corrected chi connectivity index (χ4v) is 4.72. The van der Waals surface area contributed by atoms with Crippen molar-refractivity contribution in [2.24, 2.45) is 0 Å². The van der Waals surface area contributed by atoms with Crippen molar-refractivity contribution < 1.29 is 0 Å². The maximum absolute atomic E-state index is 12.2. The standard InChI is InChI=1S/C17H25NOSe/c1-2-3-4-5-6-7-8-11-14-18-17(19)15-12-9-10-13-16(15)20-18/h9-10,12-13H,2-8,11,14H2,1H3. The van der Waals surface area contributed by atoms with Crippen LogP contribution < -0.4 is 5.56 Å². The maximum atomic E-state index is 12.2. The number of nitrogens with zero attached hydrogens (tertiary/aromatic N) is 1. The molecule has 0 saturated carbocycles. The molecule has 2 aromatic rings. The Hall–Kier alpha value is -0.791. The Morgan fingerprint density at radius 2 is 1.60 bits per heavy atom. The summed E-state index contributed by atoms with van der Waals surface area (Å²) < 4.78 is 3.32. The zero-order chi connectivity index (χ0) is 14.2. The fourth-order valence-electron chi connectivity index (χ4n) is 2.55. The van der Waals surface area contributed by atoms with Gasteiger partial charge in [-0.1, -0.05) is 0 Å². The minimum atomic E-state index is 0.217. The van der Waals surface area contributed by atoms with Gasteiger partial charge in [-0.25, -0.2) is 0 Å². The molecule has 0 aliphatic rings. The van der Waals surface area contributed by atoms with Crippen molar-refractivity contribution in [3.8, 4) is 0 Å². The molecule has 0 radical (unpaired) electrons. The van der Waals surface area contributed by atoms with Crippen molar-refractivity contribution in [2.45, 2.75) is 64.8 Å². The Morgan fingerprint density at radius 3 is 2.30 bits per heavy atom. The summed E-state index contributed by atoms with van der Waals surface area (Å²) in [4.78, 5) is 12.2. The van der Waals surface area contributed by atoms with E-state index in [0.717, 1.165) is 18.4 Å². The van der Waals surface area contributed by atoms with E-state index in [4.69, 9.17) is 0 Å². The molecule has 0 aliphatic heterocycles. The van der Waals surface area contributed by atoms with E-state index in [1.165, 1.54) is 49.2 Å². The van der Waals surface area contributed by atoms with Gasteiger partial charge in [-0.3, -0.25) is 0 Å². The fraction of sp³-hybridized carbons (Fsp3) is 0.588. The minimum absolute atomic E-state index is 0.217. The van der Waals surface area contributed by atoms with Crippen LogP contribution in [0.25, 0.3) is 9.65 Å². The van der Waals surface area contributed by atoms with E-state index < -0.39 is 0 Å². The van der Waals surface area contributed by atoms with Gasteiger partial charge in [0.2, 0.25) is 0 Å². The van der Waals surface area contributed by atoms with Gasteiger partial charge in [0.15, 0.2) is 0 Å². The Bertz CT molecular complexity index is 570. The quantitative estimate of drug-likeness (QED) is 0.496. The van der Waals surface area contributed by atoms with Crippen LogP contribution in [0.4, 0.5) is 0 Å². The molecule has 2 rings (SSSR count). The first kappa shape index (κ1) is 15.6. The van der Waals surface area contributed by atoms with E-state index in [1.807, 2.05) is 18.2 Å². The van der Waals surface area contributed by atoms with Gasteiger partial charge in [0.1, 0.15) is 0 Å². The topological polar surface area (TPSA) is 22.0 Å². The normalized spacial score (nSPS) is 11.2. The monoisotopic (exact) mass is 339 g/mol. The van der Waals surface area contributed by atoms with Crippen LogP contribution in [0.2, 0.25) is 0 Å². The molecule has 0 aliphatic carbocycles. The molecule has 0 amide bonds. The number of unbranched alkanes of at least 4 members (excludes halogenated alkanes) is 7. The van der Waals surface area contributed by atoms with Gasteiger partial charge in [0.25, 0.3) is 0 Å². The first-order chi connectivity index (χ1) is 9.83. The number of rotatable bonds is 9. The van der Waals surface area contributed by atoms with Gasteiger partial charge in [-0.15, -0.1) is 0 Å². The first-order valence-corrected chi connectivity index (χ1v) is 9.54. The van der Waals surface area contributed by atoms with Crippen LogP contribution in [-0.4, -0.2) is 18.3 Å². The third kappa shape index (κ3) is 4.36.